The number of carbonyl (C=O) groups is 3. The molecule has 164 valence electrons. The Labute approximate surface area is 183 Å². The second-order valence-electron chi connectivity index (χ2n) is 7.96. The third-order valence-corrected chi connectivity index (χ3v) is 5.30. The van der Waals surface area contributed by atoms with Gasteiger partial charge < -0.3 is 20.4 Å². The lowest BCUT2D eigenvalue weighted by molar-refractivity contribution is -0.114. The van der Waals surface area contributed by atoms with Crippen LogP contribution in [0.15, 0.2) is 48.5 Å². The van der Waals surface area contributed by atoms with Gasteiger partial charge in [0, 0.05) is 49.7 Å². The van der Waals surface area contributed by atoms with E-state index in [4.69, 9.17) is 0 Å². The number of likely N-dealkylation sites (tertiary alicyclic amines) is 1. The third-order valence-electron chi connectivity index (χ3n) is 5.30. The van der Waals surface area contributed by atoms with Crippen molar-refractivity contribution in [2.75, 3.05) is 44.4 Å². The third kappa shape index (κ3) is 6.31. The molecule has 7 nitrogen and oxygen atoms in total. The minimum Gasteiger partial charge on any atom is -0.376 e. The van der Waals surface area contributed by atoms with Gasteiger partial charge in [0.15, 0.2) is 0 Å². The monoisotopic (exact) mass is 422 g/mol. The summed E-state index contributed by atoms with van der Waals surface area (Å²) in [6.45, 7) is 1.72. The molecule has 0 unspecified atom stereocenters. The summed E-state index contributed by atoms with van der Waals surface area (Å²) in [6, 6.07) is 14.0. The van der Waals surface area contributed by atoms with Crippen LogP contribution in [-0.4, -0.2) is 61.3 Å². The van der Waals surface area contributed by atoms with E-state index in [0.29, 0.717) is 16.8 Å². The van der Waals surface area contributed by atoms with Crippen molar-refractivity contribution in [3.8, 4) is 0 Å². The van der Waals surface area contributed by atoms with E-state index in [1.807, 2.05) is 4.90 Å². The molecule has 31 heavy (non-hydrogen) atoms. The molecule has 7 heteroatoms. The zero-order valence-electron chi connectivity index (χ0n) is 18.2. The Bertz CT molecular complexity index is 899. The van der Waals surface area contributed by atoms with Gasteiger partial charge in [-0.3, -0.25) is 14.4 Å². The fourth-order valence-corrected chi connectivity index (χ4v) is 3.53. The van der Waals surface area contributed by atoms with Crippen molar-refractivity contribution in [3.05, 3.63) is 59.7 Å². The average molecular weight is 423 g/mol. The SMILES string of the molecule is CN(C)C(=O)c1ccc(NCC(=O)Nc2ccc(C(=O)N3CCCCCC3)cc2)cc1. The maximum Gasteiger partial charge on any atom is 0.253 e. The van der Waals surface area contributed by atoms with Crippen LogP contribution in [0, 0.1) is 0 Å². The van der Waals surface area contributed by atoms with Crippen molar-refractivity contribution in [2.24, 2.45) is 0 Å². The molecule has 1 aliphatic heterocycles. The van der Waals surface area contributed by atoms with Crippen molar-refractivity contribution in [1.82, 2.24) is 9.80 Å². The topological polar surface area (TPSA) is 81.8 Å². The first-order valence-electron chi connectivity index (χ1n) is 10.7. The number of carbonyl (C=O) groups excluding carboxylic acids is 3. The van der Waals surface area contributed by atoms with Gasteiger partial charge in [-0.1, -0.05) is 12.8 Å². The summed E-state index contributed by atoms with van der Waals surface area (Å²) in [5, 5.41) is 5.87. The van der Waals surface area contributed by atoms with Gasteiger partial charge in [-0.15, -0.1) is 0 Å². The fourth-order valence-electron chi connectivity index (χ4n) is 3.53. The summed E-state index contributed by atoms with van der Waals surface area (Å²) >= 11 is 0. The summed E-state index contributed by atoms with van der Waals surface area (Å²) in [5.41, 5.74) is 2.63. The highest BCUT2D eigenvalue weighted by Gasteiger charge is 2.17. The maximum atomic E-state index is 12.7. The zero-order valence-corrected chi connectivity index (χ0v) is 18.2. The highest BCUT2D eigenvalue weighted by atomic mass is 16.2. The van der Waals surface area contributed by atoms with Crippen LogP contribution in [0.3, 0.4) is 0 Å². The van der Waals surface area contributed by atoms with Crippen LogP contribution in [0.5, 0.6) is 0 Å². The van der Waals surface area contributed by atoms with Crippen LogP contribution < -0.4 is 10.6 Å². The van der Waals surface area contributed by atoms with E-state index >= 15 is 0 Å². The van der Waals surface area contributed by atoms with Crippen molar-refractivity contribution < 1.29 is 14.4 Å². The first-order chi connectivity index (χ1) is 14.9. The summed E-state index contributed by atoms with van der Waals surface area (Å²) in [7, 11) is 3.41. The molecule has 2 N–H and O–H groups in total. The quantitative estimate of drug-likeness (QED) is 0.747. The molecule has 2 aromatic carbocycles. The van der Waals surface area contributed by atoms with Gasteiger partial charge in [-0.05, 0) is 61.4 Å². The molecule has 0 atom stereocenters. The van der Waals surface area contributed by atoms with Crippen LogP contribution in [0.4, 0.5) is 11.4 Å². The molecule has 1 fully saturated rings. The first kappa shape index (κ1) is 22.3. The Hall–Kier alpha value is -3.35. The van der Waals surface area contributed by atoms with Crippen molar-refractivity contribution >= 4 is 29.1 Å². The lowest BCUT2D eigenvalue weighted by Crippen LogP contribution is -2.31. The second-order valence-corrected chi connectivity index (χ2v) is 7.96. The molecule has 3 amide bonds. The predicted molar refractivity (Wildman–Crippen MR) is 122 cm³/mol. The molecule has 0 aliphatic carbocycles. The zero-order chi connectivity index (χ0) is 22.2. The van der Waals surface area contributed by atoms with Crippen molar-refractivity contribution in [1.29, 1.82) is 0 Å². The number of amides is 3. The molecular weight excluding hydrogens is 392 g/mol. The molecule has 0 spiro atoms. The fraction of sp³-hybridized carbons (Fsp3) is 0.375. The van der Waals surface area contributed by atoms with E-state index in [2.05, 4.69) is 10.6 Å². The highest BCUT2D eigenvalue weighted by molar-refractivity contribution is 5.97. The van der Waals surface area contributed by atoms with Crippen LogP contribution in [-0.2, 0) is 4.79 Å². The van der Waals surface area contributed by atoms with Crippen LogP contribution in [0.1, 0.15) is 46.4 Å². The van der Waals surface area contributed by atoms with E-state index in [-0.39, 0.29) is 24.3 Å². The van der Waals surface area contributed by atoms with Gasteiger partial charge in [0.1, 0.15) is 0 Å². The van der Waals surface area contributed by atoms with E-state index < -0.39 is 0 Å². The van der Waals surface area contributed by atoms with Crippen LogP contribution in [0.2, 0.25) is 0 Å². The number of hydrogen-bond acceptors (Lipinski definition) is 4. The molecule has 0 aromatic heterocycles. The van der Waals surface area contributed by atoms with E-state index in [1.54, 1.807) is 62.6 Å². The molecule has 1 heterocycles. The minimum atomic E-state index is -0.194. The predicted octanol–water partition coefficient (Wildman–Crippen LogP) is 3.46. The molecule has 3 rings (SSSR count). The smallest absolute Gasteiger partial charge is 0.253 e. The number of anilines is 2. The number of hydrogen-bond donors (Lipinski definition) is 2. The van der Waals surface area contributed by atoms with Crippen LogP contribution in [0.25, 0.3) is 0 Å². The summed E-state index contributed by atoms with van der Waals surface area (Å²) in [4.78, 5) is 40.2. The Morgan fingerprint density at radius 3 is 1.94 bits per heavy atom. The number of nitrogens with one attached hydrogen (secondary N) is 2. The summed E-state index contributed by atoms with van der Waals surface area (Å²) in [5.74, 6) is -0.209. The lowest BCUT2D eigenvalue weighted by Gasteiger charge is -2.20. The largest absolute Gasteiger partial charge is 0.376 e. The van der Waals surface area contributed by atoms with Gasteiger partial charge in [0.2, 0.25) is 5.91 Å². The molecule has 1 saturated heterocycles. The van der Waals surface area contributed by atoms with Gasteiger partial charge in [-0.2, -0.15) is 0 Å². The Morgan fingerprint density at radius 2 is 1.35 bits per heavy atom. The lowest BCUT2D eigenvalue weighted by atomic mass is 10.1. The molecule has 2 aromatic rings. The standard InChI is InChI=1S/C24H30N4O3/c1-27(2)23(30)18-7-11-20(12-8-18)25-17-22(29)26-21-13-9-19(10-14-21)24(31)28-15-5-3-4-6-16-28/h7-14,25H,3-6,15-17H2,1-2H3,(H,26,29). The molecule has 0 radical (unpaired) electrons. The number of nitrogens with zero attached hydrogens (tertiary/aromatic N) is 2. The van der Waals surface area contributed by atoms with E-state index in [9.17, 15) is 14.4 Å². The Kier molecular flexibility index (Phi) is 7.65. The number of rotatable bonds is 6. The normalized spacial score (nSPS) is 13.8. The van der Waals surface area contributed by atoms with E-state index in [1.165, 1.54) is 17.7 Å². The van der Waals surface area contributed by atoms with Crippen molar-refractivity contribution in [2.45, 2.75) is 25.7 Å². The van der Waals surface area contributed by atoms with Gasteiger partial charge in [0.05, 0.1) is 6.54 Å². The minimum absolute atomic E-state index is 0.0534. The molecule has 0 saturated carbocycles. The first-order valence-corrected chi connectivity index (χ1v) is 10.7. The summed E-state index contributed by atoms with van der Waals surface area (Å²) < 4.78 is 0. The highest BCUT2D eigenvalue weighted by Crippen LogP contribution is 2.16. The number of benzene rings is 2. The second kappa shape index (κ2) is 10.6. The average Bonchev–Trinajstić information content (AvgIpc) is 3.07. The van der Waals surface area contributed by atoms with Gasteiger partial charge in [-0.25, -0.2) is 0 Å². The van der Waals surface area contributed by atoms with Crippen molar-refractivity contribution in [3.63, 3.8) is 0 Å². The Balaban J connectivity index is 1.49. The van der Waals surface area contributed by atoms with E-state index in [0.717, 1.165) is 31.6 Å². The molecule has 0 bridgehead atoms. The van der Waals surface area contributed by atoms with Gasteiger partial charge >= 0.3 is 0 Å². The Morgan fingerprint density at radius 1 is 0.806 bits per heavy atom. The van der Waals surface area contributed by atoms with Gasteiger partial charge in [0.25, 0.3) is 11.8 Å². The maximum absolute atomic E-state index is 12.7. The van der Waals surface area contributed by atoms with Crippen LogP contribution >= 0.6 is 0 Å². The summed E-state index contributed by atoms with van der Waals surface area (Å²) in [6.07, 6.45) is 4.48. The molecular formula is C24H30N4O3. The molecule has 1 aliphatic rings.